The number of nitrogens with one attached hydrogen (secondary N) is 2. The Bertz CT molecular complexity index is 633. The summed E-state index contributed by atoms with van der Waals surface area (Å²) in [7, 11) is -3.93. The number of rotatable bonds is 4. The maximum atomic E-state index is 12.6. The SMILES string of the molecule is Cl.O=S(=O)(NCC1CCCNC1)c1ccc(C(F)(F)F)cc1Cl. The van der Waals surface area contributed by atoms with Crippen molar-refractivity contribution in [2.75, 3.05) is 19.6 Å². The molecular weight excluding hydrogens is 376 g/mol. The van der Waals surface area contributed by atoms with E-state index in [0.717, 1.165) is 25.5 Å². The second-order valence-electron chi connectivity index (χ2n) is 5.21. The highest BCUT2D eigenvalue weighted by Gasteiger charge is 2.32. The van der Waals surface area contributed by atoms with Gasteiger partial charge in [-0.2, -0.15) is 13.2 Å². The summed E-state index contributed by atoms with van der Waals surface area (Å²) < 4.78 is 64.4. The van der Waals surface area contributed by atoms with Gasteiger partial charge in [-0.3, -0.25) is 0 Å². The Morgan fingerprint density at radius 1 is 1.35 bits per heavy atom. The van der Waals surface area contributed by atoms with Gasteiger partial charge in [-0.25, -0.2) is 13.1 Å². The van der Waals surface area contributed by atoms with Crippen molar-refractivity contribution in [1.82, 2.24) is 10.0 Å². The van der Waals surface area contributed by atoms with E-state index in [1.807, 2.05) is 0 Å². The largest absolute Gasteiger partial charge is 0.416 e. The second kappa shape index (κ2) is 8.02. The highest BCUT2D eigenvalue weighted by atomic mass is 35.5. The lowest BCUT2D eigenvalue weighted by Gasteiger charge is -2.23. The number of piperidine rings is 1. The number of hydrogen-bond donors (Lipinski definition) is 2. The molecule has 1 saturated heterocycles. The van der Waals surface area contributed by atoms with Crippen molar-refractivity contribution in [2.24, 2.45) is 5.92 Å². The standard InChI is InChI=1S/C13H16ClF3N2O2S.ClH/c14-11-6-10(13(15,16)17)3-4-12(11)22(20,21)19-8-9-2-1-5-18-7-9;/h3-4,6,9,18-19H,1-2,5,7-8H2;1H. The minimum Gasteiger partial charge on any atom is -0.316 e. The van der Waals surface area contributed by atoms with Gasteiger partial charge in [0.15, 0.2) is 0 Å². The van der Waals surface area contributed by atoms with E-state index >= 15 is 0 Å². The zero-order valence-electron chi connectivity index (χ0n) is 12.0. The summed E-state index contributed by atoms with van der Waals surface area (Å²) in [5.74, 6) is 0.164. The minimum atomic E-state index is -4.56. The fourth-order valence-corrected chi connectivity index (χ4v) is 3.96. The van der Waals surface area contributed by atoms with Gasteiger partial charge in [0, 0.05) is 6.54 Å². The van der Waals surface area contributed by atoms with Crippen LogP contribution in [0.3, 0.4) is 0 Å². The van der Waals surface area contributed by atoms with E-state index in [4.69, 9.17) is 11.6 Å². The lowest BCUT2D eigenvalue weighted by Crippen LogP contribution is -2.38. The fourth-order valence-electron chi connectivity index (χ4n) is 2.30. The quantitative estimate of drug-likeness (QED) is 0.827. The average molecular weight is 393 g/mol. The zero-order valence-corrected chi connectivity index (χ0v) is 14.4. The van der Waals surface area contributed by atoms with Gasteiger partial charge >= 0.3 is 6.18 Å². The predicted octanol–water partition coefficient (Wildman–Crippen LogP) is 3.06. The Morgan fingerprint density at radius 3 is 2.57 bits per heavy atom. The van der Waals surface area contributed by atoms with Crippen LogP contribution in [0.15, 0.2) is 23.1 Å². The van der Waals surface area contributed by atoms with Crippen molar-refractivity contribution in [2.45, 2.75) is 23.9 Å². The van der Waals surface area contributed by atoms with Gasteiger partial charge in [0.25, 0.3) is 0 Å². The van der Waals surface area contributed by atoms with Gasteiger partial charge in [-0.1, -0.05) is 11.6 Å². The normalized spacial score (nSPS) is 19.2. The van der Waals surface area contributed by atoms with E-state index in [0.29, 0.717) is 18.7 Å². The first-order valence-corrected chi connectivity index (χ1v) is 8.63. The molecule has 1 atom stereocenters. The van der Waals surface area contributed by atoms with Crippen LogP contribution in [0.2, 0.25) is 5.02 Å². The molecule has 1 aliphatic heterocycles. The van der Waals surface area contributed by atoms with Crippen LogP contribution in [-0.4, -0.2) is 28.1 Å². The van der Waals surface area contributed by atoms with E-state index in [9.17, 15) is 21.6 Å². The summed E-state index contributed by atoms with van der Waals surface area (Å²) in [5, 5.41) is 2.72. The van der Waals surface area contributed by atoms with Gasteiger partial charge in [-0.05, 0) is 50.0 Å². The summed E-state index contributed by atoms with van der Waals surface area (Å²) in [6, 6.07) is 2.22. The Labute approximate surface area is 144 Å². The average Bonchev–Trinajstić information content (AvgIpc) is 2.45. The number of halogens is 5. The van der Waals surface area contributed by atoms with Crippen LogP contribution >= 0.6 is 24.0 Å². The molecule has 4 nitrogen and oxygen atoms in total. The first-order chi connectivity index (χ1) is 10.2. The number of alkyl halides is 3. The molecule has 1 aromatic carbocycles. The molecule has 0 radical (unpaired) electrons. The third kappa shape index (κ3) is 5.49. The molecule has 0 aliphatic carbocycles. The summed E-state index contributed by atoms with van der Waals surface area (Å²) in [4.78, 5) is -0.342. The number of benzene rings is 1. The Kier molecular flexibility index (Phi) is 7.15. The highest BCUT2D eigenvalue weighted by molar-refractivity contribution is 7.89. The molecule has 0 aromatic heterocycles. The molecule has 1 fully saturated rings. The molecular formula is C13H17Cl2F3N2O2S. The van der Waals surface area contributed by atoms with Crippen LogP contribution in [0.1, 0.15) is 18.4 Å². The molecule has 0 spiro atoms. The maximum absolute atomic E-state index is 12.6. The monoisotopic (exact) mass is 392 g/mol. The van der Waals surface area contributed by atoms with Crippen molar-refractivity contribution in [3.8, 4) is 0 Å². The summed E-state index contributed by atoms with van der Waals surface area (Å²) in [6.45, 7) is 1.85. The van der Waals surface area contributed by atoms with Crippen LogP contribution in [0.5, 0.6) is 0 Å². The zero-order chi connectivity index (χ0) is 16.4. The molecule has 23 heavy (non-hydrogen) atoms. The molecule has 1 unspecified atom stereocenters. The van der Waals surface area contributed by atoms with Gasteiger partial charge in [0.2, 0.25) is 10.0 Å². The first kappa shape index (κ1) is 20.5. The van der Waals surface area contributed by atoms with Crippen molar-refractivity contribution in [3.05, 3.63) is 28.8 Å². The summed E-state index contributed by atoms with van der Waals surface area (Å²) in [6.07, 6.45) is -2.70. The van der Waals surface area contributed by atoms with Gasteiger partial charge in [0.1, 0.15) is 4.90 Å². The first-order valence-electron chi connectivity index (χ1n) is 6.77. The lowest BCUT2D eigenvalue weighted by molar-refractivity contribution is -0.137. The maximum Gasteiger partial charge on any atom is 0.416 e. The fraction of sp³-hybridized carbons (Fsp3) is 0.538. The smallest absolute Gasteiger partial charge is 0.316 e. The van der Waals surface area contributed by atoms with E-state index in [-0.39, 0.29) is 29.8 Å². The molecule has 1 heterocycles. The summed E-state index contributed by atoms with van der Waals surface area (Å²) in [5.41, 5.74) is -0.979. The minimum absolute atomic E-state index is 0. The molecule has 2 N–H and O–H groups in total. The van der Waals surface area contributed by atoms with E-state index < -0.39 is 26.8 Å². The van der Waals surface area contributed by atoms with Crippen molar-refractivity contribution < 1.29 is 21.6 Å². The Hall–Kier alpha value is -0.540. The van der Waals surface area contributed by atoms with Crippen LogP contribution in [0.4, 0.5) is 13.2 Å². The molecule has 0 amide bonds. The molecule has 0 bridgehead atoms. The van der Waals surface area contributed by atoms with Gasteiger partial charge in [-0.15, -0.1) is 12.4 Å². The number of hydrogen-bond acceptors (Lipinski definition) is 3. The molecule has 0 saturated carbocycles. The molecule has 2 rings (SSSR count). The van der Waals surface area contributed by atoms with E-state index in [1.54, 1.807) is 0 Å². The van der Waals surface area contributed by atoms with Gasteiger partial charge in [0.05, 0.1) is 10.6 Å². The molecule has 1 aromatic rings. The lowest BCUT2D eigenvalue weighted by atomic mass is 10.0. The van der Waals surface area contributed by atoms with Crippen LogP contribution in [0, 0.1) is 5.92 Å². The van der Waals surface area contributed by atoms with Crippen LogP contribution in [-0.2, 0) is 16.2 Å². The molecule has 10 heteroatoms. The third-order valence-electron chi connectivity index (χ3n) is 3.51. The predicted molar refractivity (Wildman–Crippen MR) is 84.5 cm³/mol. The topological polar surface area (TPSA) is 58.2 Å². The molecule has 132 valence electrons. The number of sulfonamides is 1. The van der Waals surface area contributed by atoms with E-state index in [2.05, 4.69) is 10.0 Å². The molecule has 1 aliphatic rings. The van der Waals surface area contributed by atoms with Crippen LogP contribution < -0.4 is 10.0 Å². The van der Waals surface area contributed by atoms with Crippen molar-refractivity contribution in [1.29, 1.82) is 0 Å². The third-order valence-corrected chi connectivity index (χ3v) is 5.42. The Morgan fingerprint density at radius 2 is 2.04 bits per heavy atom. The van der Waals surface area contributed by atoms with E-state index in [1.165, 1.54) is 0 Å². The second-order valence-corrected chi connectivity index (χ2v) is 7.35. The van der Waals surface area contributed by atoms with Gasteiger partial charge < -0.3 is 5.32 Å². The highest BCUT2D eigenvalue weighted by Crippen LogP contribution is 2.33. The van der Waals surface area contributed by atoms with Crippen molar-refractivity contribution >= 4 is 34.0 Å². The Balaban J connectivity index is 0.00000264. The van der Waals surface area contributed by atoms with Crippen molar-refractivity contribution in [3.63, 3.8) is 0 Å². The summed E-state index contributed by atoms with van der Waals surface area (Å²) >= 11 is 5.71. The van der Waals surface area contributed by atoms with Crippen LogP contribution in [0.25, 0.3) is 0 Å².